The first-order chi connectivity index (χ1) is 8.20. The first kappa shape index (κ1) is 11.3. The molecule has 86 valence electrons. The maximum absolute atomic E-state index is 13.4. The van der Waals surface area contributed by atoms with Gasteiger partial charge in [-0.1, -0.05) is 30.3 Å². The first-order valence-corrected chi connectivity index (χ1v) is 5.03. The van der Waals surface area contributed by atoms with Crippen LogP contribution in [0.15, 0.2) is 54.6 Å². The highest BCUT2D eigenvalue weighted by molar-refractivity contribution is 6.04. The predicted octanol–water partition coefficient (Wildman–Crippen LogP) is 2.86. The van der Waals surface area contributed by atoms with Crippen LogP contribution in [0.5, 0.6) is 0 Å². The van der Waals surface area contributed by atoms with E-state index in [1.807, 2.05) is 0 Å². The predicted molar refractivity (Wildman–Crippen MR) is 61.4 cm³/mol. The molecule has 2 aromatic rings. The Morgan fingerprint density at radius 1 is 1.00 bits per heavy atom. The lowest BCUT2D eigenvalue weighted by Gasteiger charge is -2.14. The van der Waals surface area contributed by atoms with E-state index in [1.165, 1.54) is 24.3 Å². The van der Waals surface area contributed by atoms with Crippen molar-refractivity contribution >= 4 is 11.6 Å². The Bertz CT molecular complexity index is 528. The molecule has 0 aromatic heterocycles. The van der Waals surface area contributed by atoms with Gasteiger partial charge in [0.25, 0.3) is 5.91 Å². The number of rotatable bonds is 2. The lowest BCUT2D eigenvalue weighted by molar-refractivity contribution is 0.0850. The summed E-state index contributed by atoms with van der Waals surface area (Å²) in [5.41, 5.74) is 0.125. The van der Waals surface area contributed by atoms with Crippen LogP contribution in [-0.4, -0.2) is 11.1 Å². The monoisotopic (exact) mass is 231 g/mol. The van der Waals surface area contributed by atoms with Crippen molar-refractivity contribution in [2.24, 2.45) is 0 Å². The van der Waals surface area contributed by atoms with E-state index in [4.69, 9.17) is 0 Å². The van der Waals surface area contributed by atoms with E-state index < -0.39 is 11.7 Å². The smallest absolute Gasteiger partial charge is 0.281 e. The highest BCUT2D eigenvalue weighted by Gasteiger charge is 2.18. The molecule has 1 amide bonds. The lowest BCUT2D eigenvalue weighted by atomic mass is 10.2. The number of carbonyl (C=O) groups excluding carboxylic acids is 1. The maximum atomic E-state index is 13.4. The molecule has 0 saturated heterocycles. The molecular formula is C13H10FNO2. The highest BCUT2D eigenvalue weighted by atomic mass is 19.1. The zero-order chi connectivity index (χ0) is 12.3. The highest BCUT2D eigenvalue weighted by Crippen LogP contribution is 2.16. The normalized spacial score (nSPS) is 10.0. The van der Waals surface area contributed by atoms with Crippen LogP contribution in [0, 0.1) is 5.82 Å². The SMILES string of the molecule is O=C(c1ccccc1F)N(O)c1ccccc1. The molecule has 0 unspecified atom stereocenters. The Balaban J connectivity index is 2.30. The van der Waals surface area contributed by atoms with Gasteiger partial charge in [-0.15, -0.1) is 0 Å². The number of amides is 1. The fraction of sp³-hybridized carbons (Fsp3) is 0. The van der Waals surface area contributed by atoms with E-state index in [-0.39, 0.29) is 5.56 Å². The summed E-state index contributed by atoms with van der Waals surface area (Å²) < 4.78 is 13.4. The molecule has 0 aliphatic rings. The van der Waals surface area contributed by atoms with Gasteiger partial charge in [0.2, 0.25) is 0 Å². The number of carbonyl (C=O) groups is 1. The van der Waals surface area contributed by atoms with Crippen molar-refractivity contribution in [1.29, 1.82) is 0 Å². The van der Waals surface area contributed by atoms with Crippen molar-refractivity contribution in [2.75, 3.05) is 5.06 Å². The van der Waals surface area contributed by atoms with E-state index in [9.17, 15) is 14.4 Å². The van der Waals surface area contributed by atoms with Crippen LogP contribution in [0.25, 0.3) is 0 Å². The standard InChI is InChI=1S/C13H10FNO2/c14-12-9-5-4-8-11(12)13(16)15(17)10-6-2-1-3-7-10/h1-9,17H. The number of halogens is 1. The molecule has 0 spiro atoms. The number of nitrogens with zero attached hydrogens (tertiary/aromatic N) is 1. The summed E-state index contributed by atoms with van der Waals surface area (Å²) in [7, 11) is 0. The van der Waals surface area contributed by atoms with E-state index in [2.05, 4.69) is 0 Å². The fourth-order valence-electron chi connectivity index (χ4n) is 1.44. The number of benzene rings is 2. The summed E-state index contributed by atoms with van der Waals surface area (Å²) in [6.07, 6.45) is 0. The molecule has 0 heterocycles. The van der Waals surface area contributed by atoms with Crippen LogP contribution in [0.2, 0.25) is 0 Å². The molecule has 0 aliphatic carbocycles. The fourth-order valence-corrected chi connectivity index (χ4v) is 1.44. The molecule has 0 saturated carbocycles. The van der Waals surface area contributed by atoms with Crippen molar-refractivity contribution < 1.29 is 14.4 Å². The zero-order valence-corrected chi connectivity index (χ0v) is 8.88. The Hall–Kier alpha value is -2.20. The van der Waals surface area contributed by atoms with Gasteiger partial charge in [-0.25, -0.2) is 4.39 Å². The third kappa shape index (κ3) is 2.32. The average molecular weight is 231 g/mol. The molecule has 4 heteroatoms. The summed E-state index contributed by atoms with van der Waals surface area (Å²) in [5.74, 6) is -1.46. The zero-order valence-electron chi connectivity index (χ0n) is 8.88. The minimum Gasteiger partial charge on any atom is -0.281 e. The van der Waals surface area contributed by atoms with Crippen molar-refractivity contribution in [3.63, 3.8) is 0 Å². The quantitative estimate of drug-likeness (QED) is 0.637. The van der Waals surface area contributed by atoms with Gasteiger partial charge in [0.1, 0.15) is 5.82 Å². The van der Waals surface area contributed by atoms with Crippen molar-refractivity contribution in [1.82, 2.24) is 0 Å². The summed E-state index contributed by atoms with van der Waals surface area (Å²) in [6.45, 7) is 0. The number of hydrogen-bond donors (Lipinski definition) is 1. The van der Waals surface area contributed by atoms with Crippen molar-refractivity contribution in [2.45, 2.75) is 0 Å². The van der Waals surface area contributed by atoms with Crippen molar-refractivity contribution in [3.8, 4) is 0 Å². The van der Waals surface area contributed by atoms with Gasteiger partial charge in [-0.05, 0) is 24.3 Å². The van der Waals surface area contributed by atoms with Gasteiger partial charge >= 0.3 is 0 Å². The number of para-hydroxylation sites is 1. The second-order valence-electron chi connectivity index (χ2n) is 3.43. The van der Waals surface area contributed by atoms with Gasteiger partial charge < -0.3 is 0 Å². The Kier molecular flexibility index (Phi) is 3.16. The maximum Gasteiger partial charge on any atom is 0.284 e. The molecule has 1 N–H and O–H groups in total. The van der Waals surface area contributed by atoms with E-state index in [0.717, 1.165) is 0 Å². The van der Waals surface area contributed by atoms with E-state index in [0.29, 0.717) is 10.8 Å². The Labute approximate surface area is 97.7 Å². The summed E-state index contributed by atoms with van der Waals surface area (Å²) in [4.78, 5) is 11.8. The number of hydrogen-bond acceptors (Lipinski definition) is 2. The molecule has 0 fully saturated rings. The molecule has 3 nitrogen and oxygen atoms in total. The first-order valence-electron chi connectivity index (χ1n) is 5.03. The molecule has 0 aliphatic heterocycles. The second-order valence-corrected chi connectivity index (χ2v) is 3.43. The molecular weight excluding hydrogens is 221 g/mol. The van der Waals surface area contributed by atoms with Crippen LogP contribution >= 0.6 is 0 Å². The summed E-state index contributed by atoms with van der Waals surface area (Å²) in [5, 5.41) is 10.1. The minimum absolute atomic E-state index is 0.168. The third-order valence-electron chi connectivity index (χ3n) is 2.30. The van der Waals surface area contributed by atoms with Gasteiger partial charge in [0, 0.05) is 0 Å². The number of anilines is 1. The Morgan fingerprint density at radius 3 is 2.24 bits per heavy atom. The summed E-state index contributed by atoms with van der Waals surface area (Å²) in [6, 6.07) is 13.7. The van der Waals surface area contributed by atoms with Gasteiger partial charge in [0.15, 0.2) is 0 Å². The van der Waals surface area contributed by atoms with Crippen LogP contribution in [0.4, 0.5) is 10.1 Å². The lowest BCUT2D eigenvalue weighted by Crippen LogP contribution is -2.27. The molecule has 0 bridgehead atoms. The minimum atomic E-state index is -0.797. The molecule has 0 atom stereocenters. The molecule has 2 rings (SSSR count). The van der Waals surface area contributed by atoms with E-state index >= 15 is 0 Å². The second kappa shape index (κ2) is 4.76. The van der Waals surface area contributed by atoms with Crippen LogP contribution in [-0.2, 0) is 0 Å². The van der Waals surface area contributed by atoms with E-state index in [1.54, 1.807) is 30.3 Å². The van der Waals surface area contributed by atoms with Crippen LogP contribution in [0.1, 0.15) is 10.4 Å². The third-order valence-corrected chi connectivity index (χ3v) is 2.30. The topological polar surface area (TPSA) is 40.5 Å². The molecule has 0 radical (unpaired) electrons. The van der Waals surface area contributed by atoms with Gasteiger partial charge in [-0.3, -0.25) is 10.0 Å². The van der Waals surface area contributed by atoms with Gasteiger partial charge in [-0.2, -0.15) is 5.06 Å². The average Bonchev–Trinajstić information content (AvgIpc) is 2.39. The largest absolute Gasteiger partial charge is 0.284 e. The van der Waals surface area contributed by atoms with Crippen LogP contribution in [0.3, 0.4) is 0 Å². The van der Waals surface area contributed by atoms with Crippen LogP contribution < -0.4 is 5.06 Å². The number of hydroxylamine groups is 1. The Morgan fingerprint density at radius 2 is 1.59 bits per heavy atom. The molecule has 2 aromatic carbocycles. The summed E-state index contributed by atoms with van der Waals surface area (Å²) >= 11 is 0. The van der Waals surface area contributed by atoms with Gasteiger partial charge in [0.05, 0.1) is 11.3 Å². The van der Waals surface area contributed by atoms with Crippen molar-refractivity contribution in [3.05, 3.63) is 66.0 Å². The molecule has 17 heavy (non-hydrogen) atoms.